The number of aryl methyl sites for hydroxylation is 1. The van der Waals surface area contributed by atoms with Gasteiger partial charge in [-0.05, 0) is 50.0 Å². The van der Waals surface area contributed by atoms with E-state index in [1.54, 1.807) is 0 Å². The van der Waals surface area contributed by atoms with Crippen molar-refractivity contribution < 1.29 is 9.63 Å². The predicted molar refractivity (Wildman–Crippen MR) is 76.4 cm³/mol. The topological polar surface area (TPSA) is 50.7 Å². The summed E-state index contributed by atoms with van der Waals surface area (Å²) in [6.45, 7) is 5.94. The first-order valence-corrected chi connectivity index (χ1v) is 6.50. The molecule has 0 bridgehead atoms. The van der Waals surface area contributed by atoms with Crippen molar-refractivity contribution in [3.8, 4) is 0 Å². The SMILES string of the molecule is C=CC(=O)Nc1ccc2c(c1)CCC/C2=N\OCC. The third-order valence-corrected chi connectivity index (χ3v) is 3.03. The Kier molecular flexibility index (Phi) is 4.34. The van der Waals surface area contributed by atoms with Crippen LogP contribution in [-0.2, 0) is 16.1 Å². The summed E-state index contributed by atoms with van der Waals surface area (Å²) >= 11 is 0. The summed E-state index contributed by atoms with van der Waals surface area (Å²) in [5.41, 5.74) is 4.11. The molecule has 4 heteroatoms. The Morgan fingerprint density at radius 1 is 1.53 bits per heavy atom. The maximum Gasteiger partial charge on any atom is 0.247 e. The van der Waals surface area contributed by atoms with Crippen LogP contribution in [0.4, 0.5) is 5.69 Å². The summed E-state index contributed by atoms with van der Waals surface area (Å²) in [5, 5.41) is 6.93. The van der Waals surface area contributed by atoms with Crippen LogP contribution < -0.4 is 5.32 Å². The zero-order chi connectivity index (χ0) is 13.7. The number of carbonyl (C=O) groups is 1. The highest BCUT2D eigenvalue weighted by Crippen LogP contribution is 2.25. The van der Waals surface area contributed by atoms with E-state index in [0.29, 0.717) is 6.61 Å². The molecule has 0 fully saturated rings. The molecule has 1 aliphatic rings. The van der Waals surface area contributed by atoms with Gasteiger partial charge < -0.3 is 10.2 Å². The van der Waals surface area contributed by atoms with Crippen LogP contribution in [0.2, 0.25) is 0 Å². The molecule has 0 heterocycles. The number of fused-ring (bicyclic) bond motifs is 1. The fraction of sp³-hybridized carbons (Fsp3) is 0.333. The summed E-state index contributed by atoms with van der Waals surface area (Å²) in [4.78, 5) is 16.4. The lowest BCUT2D eigenvalue weighted by atomic mass is 9.90. The Morgan fingerprint density at radius 2 is 2.37 bits per heavy atom. The molecule has 0 saturated carbocycles. The lowest BCUT2D eigenvalue weighted by molar-refractivity contribution is -0.111. The zero-order valence-corrected chi connectivity index (χ0v) is 11.1. The van der Waals surface area contributed by atoms with Crippen molar-refractivity contribution in [2.45, 2.75) is 26.2 Å². The van der Waals surface area contributed by atoms with E-state index >= 15 is 0 Å². The van der Waals surface area contributed by atoms with Gasteiger partial charge in [0.1, 0.15) is 6.61 Å². The maximum atomic E-state index is 11.3. The molecule has 0 spiro atoms. The molecule has 1 N–H and O–H groups in total. The average Bonchev–Trinajstić information content (AvgIpc) is 2.44. The number of hydrogen-bond donors (Lipinski definition) is 1. The van der Waals surface area contributed by atoms with E-state index < -0.39 is 0 Å². The number of oxime groups is 1. The molecule has 1 aromatic carbocycles. The minimum atomic E-state index is -0.195. The van der Waals surface area contributed by atoms with Crippen molar-refractivity contribution in [2.75, 3.05) is 11.9 Å². The molecule has 0 unspecified atom stereocenters. The summed E-state index contributed by atoms with van der Waals surface area (Å²) in [6.07, 6.45) is 4.25. The number of amides is 1. The molecule has 1 aliphatic carbocycles. The number of hydrogen-bond acceptors (Lipinski definition) is 3. The maximum absolute atomic E-state index is 11.3. The van der Waals surface area contributed by atoms with Crippen LogP contribution in [0.3, 0.4) is 0 Å². The number of benzene rings is 1. The third kappa shape index (κ3) is 3.22. The van der Waals surface area contributed by atoms with E-state index in [2.05, 4.69) is 17.1 Å². The first-order valence-electron chi connectivity index (χ1n) is 6.50. The first-order chi connectivity index (χ1) is 9.24. The molecule has 0 aliphatic heterocycles. The molecule has 1 aromatic rings. The van der Waals surface area contributed by atoms with Crippen LogP contribution in [0.1, 0.15) is 30.9 Å². The van der Waals surface area contributed by atoms with Crippen molar-refractivity contribution in [3.63, 3.8) is 0 Å². The number of nitrogens with zero attached hydrogens (tertiary/aromatic N) is 1. The van der Waals surface area contributed by atoms with E-state index in [1.165, 1.54) is 11.6 Å². The molecule has 0 aromatic heterocycles. The standard InChI is InChI=1S/C15H18N2O2/c1-3-15(18)16-12-8-9-13-11(10-12)6-5-7-14(13)17-19-4-2/h3,8-10H,1,4-7H2,2H3,(H,16,18)/b17-14+. The molecule has 0 radical (unpaired) electrons. The highest BCUT2D eigenvalue weighted by molar-refractivity contribution is 6.03. The minimum absolute atomic E-state index is 0.195. The summed E-state index contributed by atoms with van der Waals surface area (Å²) in [5.74, 6) is -0.195. The molecule has 1 amide bonds. The van der Waals surface area contributed by atoms with Gasteiger partial charge in [0.05, 0.1) is 5.71 Å². The molecule has 0 atom stereocenters. The fourth-order valence-corrected chi connectivity index (χ4v) is 2.17. The van der Waals surface area contributed by atoms with Crippen molar-refractivity contribution in [3.05, 3.63) is 42.0 Å². The minimum Gasteiger partial charge on any atom is -0.396 e. The highest BCUT2D eigenvalue weighted by Gasteiger charge is 2.16. The molecule has 100 valence electrons. The smallest absolute Gasteiger partial charge is 0.247 e. The second-order valence-corrected chi connectivity index (χ2v) is 4.37. The Labute approximate surface area is 113 Å². The van der Waals surface area contributed by atoms with Gasteiger partial charge in [0.15, 0.2) is 0 Å². The van der Waals surface area contributed by atoms with Gasteiger partial charge in [0.25, 0.3) is 0 Å². The van der Waals surface area contributed by atoms with Crippen LogP contribution in [0.25, 0.3) is 0 Å². The number of carbonyl (C=O) groups excluding carboxylic acids is 1. The van der Waals surface area contributed by atoms with Gasteiger partial charge in [-0.3, -0.25) is 4.79 Å². The lowest BCUT2D eigenvalue weighted by Gasteiger charge is -2.18. The number of rotatable bonds is 4. The third-order valence-electron chi connectivity index (χ3n) is 3.03. The van der Waals surface area contributed by atoms with Gasteiger partial charge in [-0.2, -0.15) is 0 Å². The van der Waals surface area contributed by atoms with Gasteiger partial charge in [0.2, 0.25) is 5.91 Å². The van der Waals surface area contributed by atoms with Crippen LogP contribution >= 0.6 is 0 Å². The van der Waals surface area contributed by atoms with Gasteiger partial charge in [0, 0.05) is 11.3 Å². The zero-order valence-electron chi connectivity index (χ0n) is 11.1. The highest BCUT2D eigenvalue weighted by atomic mass is 16.6. The van der Waals surface area contributed by atoms with Crippen molar-refractivity contribution in [1.29, 1.82) is 0 Å². The number of nitrogens with one attached hydrogen (secondary N) is 1. The van der Waals surface area contributed by atoms with Crippen LogP contribution in [0.15, 0.2) is 36.0 Å². The summed E-state index contributed by atoms with van der Waals surface area (Å²) in [7, 11) is 0. The monoisotopic (exact) mass is 258 g/mol. The van der Waals surface area contributed by atoms with E-state index in [4.69, 9.17) is 4.84 Å². The molecule has 2 rings (SSSR count). The van der Waals surface area contributed by atoms with Crippen LogP contribution in [-0.4, -0.2) is 18.2 Å². The van der Waals surface area contributed by atoms with Crippen LogP contribution in [0, 0.1) is 0 Å². The lowest BCUT2D eigenvalue weighted by Crippen LogP contribution is -2.14. The van der Waals surface area contributed by atoms with E-state index in [1.807, 2.05) is 25.1 Å². The van der Waals surface area contributed by atoms with Gasteiger partial charge >= 0.3 is 0 Å². The molecule has 19 heavy (non-hydrogen) atoms. The van der Waals surface area contributed by atoms with Gasteiger partial charge in [-0.25, -0.2) is 0 Å². The predicted octanol–water partition coefficient (Wildman–Crippen LogP) is 2.89. The van der Waals surface area contributed by atoms with E-state index in [9.17, 15) is 4.79 Å². The van der Waals surface area contributed by atoms with Crippen LogP contribution in [0.5, 0.6) is 0 Å². The van der Waals surface area contributed by atoms with Crippen molar-refractivity contribution in [2.24, 2.45) is 5.16 Å². The second-order valence-electron chi connectivity index (χ2n) is 4.37. The number of anilines is 1. The summed E-state index contributed by atoms with van der Waals surface area (Å²) < 4.78 is 0. The Bertz CT molecular complexity index is 521. The molecule has 0 saturated heterocycles. The molecule has 4 nitrogen and oxygen atoms in total. The Balaban J connectivity index is 2.25. The van der Waals surface area contributed by atoms with E-state index in [0.717, 1.165) is 36.2 Å². The average molecular weight is 258 g/mol. The largest absolute Gasteiger partial charge is 0.396 e. The quantitative estimate of drug-likeness (QED) is 0.667. The first kappa shape index (κ1) is 13.3. The second kappa shape index (κ2) is 6.18. The van der Waals surface area contributed by atoms with Crippen molar-refractivity contribution in [1.82, 2.24) is 0 Å². The summed E-state index contributed by atoms with van der Waals surface area (Å²) in [6, 6.07) is 5.87. The van der Waals surface area contributed by atoms with Gasteiger partial charge in [-0.1, -0.05) is 17.8 Å². The Morgan fingerprint density at radius 3 is 3.11 bits per heavy atom. The molecular weight excluding hydrogens is 240 g/mol. The fourth-order valence-electron chi connectivity index (χ4n) is 2.17. The van der Waals surface area contributed by atoms with E-state index in [-0.39, 0.29) is 5.91 Å². The van der Waals surface area contributed by atoms with Gasteiger partial charge in [-0.15, -0.1) is 0 Å². The van der Waals surface area contributed by atoms with Crippen molar-refractivity contribution >= 4 is 17.3 Å². The normalized spacial score (nSPS) is 15.7. The molecular formula is C15H18N2O2. The Hall–Kier alpha value is -2.10.